The monoisotopic (exact) mass is 805 g/mol. The zero-order valence-electron chi connectivity index (χ0n) is 33.8. The van der Waals surface area contributed by atoms with Crippen LogP contribution in [0.3, 0.4) is 0 Å². The fraction of sp³-hybridized carbons (Fsp3) is 0. The molecule has 0 fully saturated rings. The molecule has 7 nitrogen and oxygen atoms in total. The molecule has 0 radical (unpaired) electrons. The average Bonchev–Trinajstić information content (AvgIpc) is 3.70. The van der Waals surface area contributed by atoms with Crippen molar-refractivity contribution in [1.29, 1.82) is 5.26 Å². The lowest BCUT2D eigenvalue weighted by Crippen LogP contribution is -2.04. The van der Waals surface area contributed by atoms with Crippen LogP contribution in [0.4, 0.5) is 0 Å². The van der Waals surface area contributed by atoms with Crippen LogP contribution in [-0.2, 0) is 0 Å². The lowest BCUT2D eigenvalue weighted by atomic mass is 10.0. The number of fused-ring (bicyclic) bond motifs is 3. The number of para-hydroxylation sites is 1. The maximum atomic E-state index is 9.76. The number of nitrogens with zero attached hydrogens (tertiary/aromatic N) is 7. The summed E-state index contributed by atoms with van der Waals surface area (Å²) in [6.45, 7) is 0. The highest BCUT2D eigenvalue weighted by Crippen LogP contribution is 2.40. The summed E-state index contributed by atoms with van der Waals surface area (Å²) in [6, 6.07) is 73.9. The van der Waals surface area contributed by atoms with E-state index in [1.54, 1.807) is 0 Å². The molecule has 11 rings (SSSR count). The first-order chi connectivity index (χ1) is 31.2. The highest BCUT2D eigenvalue weighted by atomic mass is 15.0. The summed E-state index contributed by atoms with van der Waals surface area (Å²) in [5.41, 5.74) is 12.4. The molecular formula is C56H35N7. The fourth-order valence-electron chi connectivity index (χ4n) is 8.25. The van der Waals surface area contributed by atoms with Gasteiger partial charge >= 0.3 is 0 Å². The van der Waals surface area contributed by atoms with Crippen molar-refractivity contribution in [3.8, 4) is 90.9 Å². The second kappa shape index (κ2) is 16.0. The Morgan fingerprint density at radius 3 is 1.43 bits per heavy atom. The van der Waals surface area contributed by atoms with Gasteiger partial charge in [-0.15, -0.1) is 0 Å². The first kappa shape index (κ1) is 37.2. The fourth-order valence-corrected chi connectivity index (χ4v) is 8.25. The van der Waals surface area contributed by atoms with Gasteiger partial charge in [-0.2, -0.15) is 5.26 Å². The number of hydrogen-bond donors (Lipinski definition) is 0. The van der Waals surface area contributed by atoms with Gasteiger partial charge < -0.3 is 4.57 Å². The lowest BCUT2D eigenvalue weighted by molar-refractivity contribution is 1.07. The third-order valence-corrected chi connectivity index (χ3v) is 11.3. The molecule has 0 unspecified atom stereocenters. The van der Waals surface area contributed by atoms with E-state index in [1.165, 1.54) is 0 Å². The van der Waals surface area contributed by atoms with Crippen LogP contribution in [0.1, 0.15) is 5.56 Å². The SMILES string of the molecule is N#Cc1cccc(-c2ccc3c4ccccc4n(-c4ccc(-c5nc(-c6ccccc6)nc(-c6ccccc6)n5)cc4-c4nc(-c5ccccc5)cc(-c5ccccc5)n4)c3c2)c1. The average molecular weight is 806 g/mol. The van der Waals surface area contributed by atoms with Crippen LogP contribution >= 0.6 is 0 Å². The van der Waals surface area contributed by atoms with Crippen LogP contribution < -0.4 is 0 Å². The van der Waals surface area contributed by atoms with Crippen LogP contribution in [-0.4, -0.2) is 29.5 Å². The van der Waals surface area contributed by atoms with E-state index in [0.29, 0.717) is 28.9 Å². The van der Waals surface area contributed by atoms with Gasteiger partial charge in [0, 0.05) is 44.2 Å². The molecule has 0 saturated heterocycles. The zero-order valence-corrected chi connectivity index (χ0v) is 33.8. The van der Waals surface area contributed by atoms with E-state index in [2.05, 4.69) is 102 Å². The minimum absolute atomic E-state index is 0.528. The zero-order chi connectivity index (χ0) is 42.1. The third-order valence-electron chi connectivity index (χ3n) is 11.3. The summed E-state index contributed by atoms with van der Waals surface area (Å²) >= 11 is 0. The Morgan fingerprint density at radius 1 is 0.333 bits per heavy atom. The Bertz CT molecular complexity index is 3390. The number of benzene rings is 8. The highest BCUT2D eigenvalue weighted by Gasteiger charge is 2.22. The van der Waals surface area contributed by atoms with Gasteiger partial charge in [0.05, 0.1) is 39.7 Å². The Hall–Kier alpha value is -8.86. The number of rotatable bonds is 8. The maximum Gasteiger partial charge on any atom is 0.164 e. The van der Waals surface area contributed by atoms with E-state index in [-0.39, 0.29) is 0 Å². The van der Waals surface area contributed by atoms with Crippen molar-refractivity contribution in [2.45, 2.75) is 0 Å². The van der Waals surface area contributed by atoms with E-state index < -0.39 is 0 Å². The predicted molar refractivity (Wildman–Crippen MR) is 253 cm³/mol. The molecule has 0 spiro atoms. The summed E-state index contributed by atoms with van der Waals surface area (Å²) < 4.78 is 2.31. The summed E-state index contributed by atoms with van der Waals surface area (Å²) in [6.07, 6.45) is 0. The van der Waals surface area contributed by atoms with Gasteiger partial charge in [-0.1, -0.05) is 164 Å². The number of nitriles is 1. The van der Waals surface area contributed by atoms with Gasteiger partial charge in [0.2, 0.25) is 0 Å². The molecular weight excluding hydrogens is 771 g/mol. The van der Waals surface area contributed by atoms with Crippen molar-refractivity contribution in [1.82, 2.24) is 29.5 Å². The first-order valence-corrected chi connectivity index (χ1v) is 20.7. The molecule has 0 atom stereocenters. The molecule has 7 heteroatoms. The van der Waals surface area contributed by atoms with Gasteiger partial charge in [0.1, 0.15) is 0 Å². The van der Waals surface area contributed by atoms with Gasteiger partial charge in [0.25, 0.3) is 0 Å². The minimum atomic E-state index is 0.528. The first-order valence-electron chi connectivity index (χ1n) is 20.7. The molecule has 0 aliphatic rings. The Balaban J connectivity index is 1.21. The van der Waals surface area contributed by atoms with Crippen molar-refractivity contribution in [3.05, 3.63) is 218 Å². The number of aromatic nitrogens is 6. The van der Waals surface area contributed by atoms with Gasteiger partial charge in [-0.3, -0.25) is 0 Å². The quantitative estimate of drug-likeness (QED) is 0.152. The second-order valence-electron chi connectivity index (χ2n) is 15.2. The van der Waals surface area contributed by atoms with E-state index in [9.17, 15) is 5.26 Å². The van der Waals surface area contributed by atoms with E-state index in [4.69, 9.17) is 24.9 Å². The van der Waals surface area contributed by atoms with Gasteiger partial charge in [0.15, 0.2) is 23.3 Å². The van der Waals surface area contributed by atoms with Crippen molar-refractivity contribution in [2.75, 3.05) is 0 Å². The van der Waals surface area contributed by atoms with Crippen LogP contribution in [0.15, 0.2) is 212 Å². The largest absolute Gasteiger partial charge is 0.308 e. The van der Waals surface area contributed by atoms with Crippen molar-refractivity contribution >= 4 is 21.8 Å². The highest BCUT2D eigenvalue weighted by molar-refractivity contribution is 6.10. The van der Waals surface area contributed by atoms with Crippen molar-refractivity contribution in [3.63, 3.8) is 0 Å². The van der Waals surface area contributed by atoms with Gasteiger partial charge in [-0.25, -0.2) is 24.9 Å². The van der Waals surface area contributed by atoms with E-state index in [0.717, 1.165) is 83.4 Å². The topological polar surface area (TPSA) is 93.2 Å². The standard InChI is InChI=1S/C56H35N7/c57-36-37-16-15-25-42(32-37)43-28-30-46-45-26-13-14-27-50(45)63(52(46)34-43)51-31-29-44(55-61-53(40-21-9-3-10-22-40)60-54(62-55)41-23-11-4-12-24-41)33-47(51)56-58-48(38-17-5-1-6-18-38)35-49(59-56)39-19-7-2-8-20-39/h1-35H. The smallest absolute Gasteiger partial charge is 0.164 e. The summed E-state index contributed by atoms with van der Waals surface area (Å²) in [5, 5.41) is 12.0. The normalized spacial score (nSPS) is 11.2. The molecule has 0 amide bonds. The molecule has 11 aromatic rings. The summed E-state index contributed by atoms with van der Waals surface area (Å²) in [4.78, 5) is 26.0. The molecule has 0 bridgehead atoms. The number of hydrogen-bond acceptors (Lipinski definition) is 6. The Labute approximate surface area is 364 Å². The van der Waals surface area contributed by atoms with Crippen LogP contribution in [0.2, 0.25) is 0 Å². The lowest BCUT2D eigenvalue weighted by Gasteiger charge is -2.17. The maximum absolute atomic E-state index is 9.76. The Morgan fingerprint density at radius 2 is 0.825 bits per heavy atom. The van der Waals surface area contributed by atoms with E-state index in [1.807, 2.05) is 121 Å². The molecule has 0 saturated carbocycles. The van der Waals surface area contributed by atoms with Crippen LogP contribution in [0, 0.1) is 11.3 Å². The molecule has 63 heavy (non-hydrogen) atoms. The molecule has 294 valence electrons. The van der Waals surface area contributed by atoms with Crippen molar-refractivity contribution < 1.29 is 0 Å². The molecule has 3 heterocycles. The molecule has 0 aliphatic heterocycles. The summed E-state index contributed by atoms with van der Waals surface area (Å²) in [7, 11) is 0. The predicted octanol–water partition coefficient (Wildman–Crippen LogP) is 13.3. The third kappa shape index (κ3) is 7.08. The molecule has 8 aromatic carbocycles. The Kier molecular flexibility index (Phi) is 9.41. The van der Waals surface area contributed by atoms with E-state index >= 15 is 0 Å². The van der Waals surface area contributed by atoms with Crippen LogP contribution in [0.25, 0.3) is 107 Å². The van der Waals surface area contributed by atoms with Crippen molar-refractivity contribution in [2.24, 2.45) is 0 Å². The molecule has 0 N–H and O–H groups in total. The minimum Gasteiger partial charge on any atom is -0.308 e. The molecule has 0 aliphatic carbocycles. The molecule has 3 aromatic heterocycles. The van der Waals surface area contributed by atoms with Gasteiger partial charge in [-0.05, 0) is 59.7 Å². The summed E-state index contributed by atoms with van der Waals surface area (Å²) in [5.74, 6) is 2.24. The second-order valence-corrected chi connectivity index (χ2v) is 15.2. The van der Waals surface area contributed by atoms with Crippen LogP contribution in [0.5, 0.6) is 0 Å².